The van der Waals surface area contributed by atoms with Crippen molar-refractivity contribution < 1.29 is 0 Å². The first-order chi connectivity index (χ1) is 10.4. The van der Waals surface area contributed by atoms with E-state index in [0.29, 0.717) is 6.04 Å². The molecule has 0 atom stereocenters. The monoisotopic (exact) mass is 300 g/mol. The Hall–Kier alpha value is -1.68. The lowest BCUT2D eigenvalue weighted by molar-refractivity contribution is 0.214. The summed E-state index contributed by atoms with van der Waals surface area (Å²) in [6.07, 6.45) is 0.984. The van der Waals surface area contributed by atoms with E-state index in [2.05, 4.69) is 54.8 Å². The molecule has 0 fully saturated rings. The van der Waals surface area contributed by atoms with Crippen molar-refractivity contribution in [3.8, 4) is 0 Å². The highest BCUT2D eigenvalue weighted by molar-refractivity contribution is 5.24. The van der Waals surface area contributed by atoms with Crippen LogP contribution in [-0.2, 0) is 20.0 Å². The SMILES string of the molecule is Cc1cccc(CCN(Cc2c(C)nn(C)c2C)C(C)C)n1. The van der Waals surface area contributed by atoms with Crippen molar-refractivity contribution in [2.45, 2.75) is 53.6 Å². The van der Waals surface area contributed by atoms with Crippen molar-refractivity contribution >= 4 is 0 Å². The second-order valence-corrected chi connectivity index (χ2v) is 6.36. The van der Waals surface area contributed by atoms with Crippen LogP contribution >= 0.6 is 0 Å². The molecule has 0 aliphatic heterocycles. The van der Waals surface area contributed by atoms with Crippen LogP contribution in [0, 0.1) is 20.8 Å². The van der Waals surface area contributed by atoms with Gasteiger partial charge in [-0.05, 0) is 46.8 Å². The third-order valence-corrected chi connectivity index (χ3v) is 4.35. The Morgan fingerprint density at radius 2 is 1.91 bits per heavy atom. The quantitative estimate of drug-likeness (QED) is 0.821. The van der Waals surface area contributed by atoms with Gasteiger partial charge < -0.3 is 0 Å². The molecule has 0 saturated carbocycles. The molecule has 0 aliphatic rings. The number of hydrogen-bond acceptors (Lipinski definition) is 3. The first-order valence-electron chi connectivity index (χ1n) is 8.04. The molecule has 0 aliphatic carbocycles. The van der Waals surface area contributed by atoms with Gasteiger partial charge in [-0.1, -0.05) is 6.07 Å². The molecule has 120 valence electrons. The number of pyridine rings is 1. The summed E-state index contributed by atoms with van der Waals surface area (Å²) in [7, 11) is 2.02. The third kappa shape index (κ3) is 3.95. The van der Waals surface area contributed by atoms with E-state index in [9.17, 15) is 0 Å². The van der Waals surface area contributed by atoms with E-state index >= 15 is 0 Å². The Labute approximate surface area is 134 Å². The summed E-state index contributed by atoms with van der Waals surface area (Å²) in [6.45, 7) is 12.8. The van der Waals surface area contributed by atoms with Gasteiger partial charge in [0.2, 0.25) is 0 Å². The van der Waals surface area contributed by atoms with E-state index in [0.717, 1.165) is 30.9 Å². The third-order valence-electron chi connectivity index (χ3n) is 4.35. The molecule has 2 rings (SSSR count). The van der Waals surface area contributed by atoms with Crippen molar-refractivity contribution in [1.82, 2.24) is 19.7 Å². The van der Waals surface area contributed by atoms with Crippen LogP contribution in [0.2, 0.25) is 0 Å². The Morgan fingerprint density at radius 1 is 1.18 bits per heavy atom. The summed E-state index contributed by atoms with van der Waals surface area (Å²) in [5, 5.41) is 4.53. The van der Waals surface area contributed by atoms with Crippen molar-refractivity contribution in [2.24, 2.45) is 7.05 Å². The summed E-state index contributed by atoms with van der Waals surface area (Å²) in [6, 6.07) is 6.76. The maximum absolute atomic E-state index is 4.61. The van der Waals surface area contributed by atoms with Crippen LogP contribution in [0.25, 0.3) is 0 Å². The van der Waals surface area contributed by atoms with Crippen LogP contribution in [-0.4, -0.2) is 32.3 Å². The molecule has 0 aromatic carbocycles. The standard InChI is InChI=1S/C18H28N4/c1-13(2)22(11-10-17-9-7-8-14(3)19-17)12-18-15(4)20-21(6)16(18)5/h7-9,13H,10-12H2,1-6H3. The molecule has 0 amide bonds. The molecule has 2 heterocycles. The largest absolute Gasteiger partial charge is 0.296 e. The Kier molecular flexibility index (Phi) is 5.35. The molecule has 2 aromatic rings. The van der Waals surface area contributed by atoms with Gasteiger partial charge in [-0.15, -0.1) is 0 Å². The first-order valence-corrected chi connectivity index (χ1v) is 8.04. The Balaban J connectivity index is 2.07. The van der Waals surface area contributed by atoms with Crippen molar-refractivity contribution in [3.63, 3.8) is 0 Å². The minimum atomic E-state index is 0.504. The maximum atomic E-state index is 4.61. The van der Waals surface area contributed by atoms with Gasteiger partial charge in [-0.2, -0.15) is 5.10 Å². The van der Waals surface area contributed by atoms with Gasteiger partial charge in [0.15, 0.2) is 0 Å². The summed E-state index contributed by atoms with van der Waals surface area (Å²) in [4.78, 5) is 7.11. The first kappa shape index (κ1) is 16.7. The lowest BCUT2D eigenvalue weighted by Crippen LogP contribution is -2.32. The molecule has 0 saturated heterocycles. The van der Waals surface area contributed by atoms with Crippen LogP contribution in [0.4, 0.5) is 0 Å². The van der Waals surface area contributed by atoms with Crippen molar-refractivity contribution in [3.05, 3.63) is 46.5 Å². The van der Waals surface area contributed by atoms with E-state index in [1.54, 1.807) is 0 Å². The van der Waals surface area contributed by atoms with Crippen LogP contribution in [0.1, 0.15) is 42.2 Å². The number of nitrogens with zero attached hydrogens (tertiary/aromatic N) is 4. The molecule has 4 heteroatoms. The normalized spacial score (nSPS) is 11.6. The fourth-order valence-electron chi connectivity index (χ4n) is 2.77. The fraction of sp³-hybridized carbons (Fsp3) is 0.556. The van der Waals surface area contributed by atoms with Crippen LogP contribution in [0.3, 0.4) is 0 Å². The zero-order chi connectivity index (χ0) is 16.3. The van der Waals surface area contributed by atoms with E-state index < -0.39 is 0 Å². The highest BCUT2D eigenvalue weighted by Gasteiger charge is 2.16. The highest BCUT2D eigenvalue weighted by Crippen LogP contribution is 2.16. The van der Waals surface area contributed by atoms with Gasteiger partial charge in [0.05, 0.1) is 5.69 Å². The molecule has 22 heavy (non-hydrogen) atoms. The van der Waals surface area contributed by atoms with Gasteiger partial charge >= 0.3 is 0 Å². The van der Waals surface area contributed by atoms with E-state index in [-0.39, 0.29) is 0 Å². The molecular formula is C18H28N4. The second kappa shape index (κ2) is 7.05. The number of rotatable bonds is 6. The van der Waals surface area contributed by atoms with E-state index in [1.165, 1.54) is 17.0 Å². The maximum Gasteiger partial charge on any atom is 0.0641 e. The summed E-state index contributed by atoms with van der Waals surface area (Å²) >= 11 is 0. The molecule has 2 aromatic heterocycles. The molecule has 0 N–H and O–H groups in total. The van der Waals surface area contributed by atoms with Crippen molar-refractivity contribution in [1.29, 1.82) is 0 Å². The van der Waals surface area contributed by atoms with Crippen molar-refractivity contribution in [2.75, 3.05) is 6.54 Å². The van der Waals surface area contributed by atoms with Gasteiger partial charge in [-0.3, -0.25) is 14.6 Å². The fourth-order valence-corrected chi connectivity index (χ4v) is 2.77. The minimum absolute atomic E-state index is 0.504. The molecular weight excluding hydrogens is 272 g/mol. The Bertz CT molecular complexity index is 628. The smallest absolute Gasteiger partial charge is 0.0641 e. The van der Waals surface area contributed by atoms with Crippen LogP contribution in [0.5, 0.6) is 0 Å². The summed E-state index contributed by atoms with van der Waals surface area (Å²) in [5.41, 5.74) is 6.02. The zero-order valence-corrected chi connectivity index (χ0v) is 14.7. The lowest BCUT2D eigenvalue weighted by atomic mass is 10.1. The predicted molar refractivity (Wildman–Crippen MR) is 90.9 cm³/mol. The second-order valence-electron chi connectivity index (χ2n) is 6.36. The molecule has 0 radical (unpaired) electrons. The number of hydrogen-bond donors (Lipinski definition) is 0. The average molecular weight is 300 g/mol. The molecule has 4 nitrogen and oxygen atoms in total. The molecule has 0 unspecified atom stereocenters. The average Bonchev–Trinajstić information content (AvgIpc) is 2.69. The van der Waals surface area contributed by atoms with Crippen LogP contribution < -0.4 is 0 Å². The van der Waals surface area contributed by atoms with Gasteiger partial charge in [0, 0.05) is 55.2 Å². The van der Waals surface area contributed by atoms with Crippen LogP contribution in [0.15, 0.2) is 18.2 Å². The number of aryl methyl sites for hydroxylation is 3. The summed E-state index contributed by atoms with van der Waals surface area (Å²) in [5.74, 6) is 0. The van der Waals surface area contributed by atoms with Gasteiger partial charge in [-0.25, -0.2) is 0 Å². The summed E-state index contributed by atoms with van der Waals surface area (Å²) < 4.78 is 1.98. The van der Waals surface area contributed by atoms with Gasteiger partial charge in [0.25, 0.3) is 0 Å². The molecule has 0 bridgehead atoms. The highest BCUT2D eigenvalue weighted by atomic mass is 15.3. The topological polar surface area (TPSA) is 34.0 Å². The Morgan fingerprint density at radius 3 is 2.45 bits per heavy atom. The van der Waals surface area contributed by atoms with Gasteiger partial charge in [0.1, 0.15) is 0 Å². The molecule has 0 spiro atoms. The van der Waals surface area contributed by atoms with E-state index in [4.69, 9.17) is 0 Å². The zero-order valence-electron chi connectivity index (χ0n) is 14.7. The lowest BCUT2D eigenvalue weighted by Gasteiger charge is -2.26. The predicted octanol–water partition coefficient (Wildman–Crippen LogP) is 3.19. The minimum Gasteiger partial charge on any atom is -0.296 e. The van der Waals surface area contributed by atoms with E-state index in [1.807, 2.05) is 24.7 Å². The number of aromatic nitrogens is 3.